The van der Waals surface area contributed by atoms with Crippen LogP contribution in [-0.4, -0.2) is 0 Å². The van der Waals surface area contributed by atoms with Crippen LogP contribution in [0.25, 0.3) is 0 Å². The van der Waals surface area contributed by atoms with Gasteiger partial charge in [0.1, 0.15) is 0 Å². The third-order valence-electron chi connectivity index (χ3n) is 0. The average Bonchev–Trinajstić information content (AvgIpc) is 0. The molecule has 0 aliphatic carbocycles. The molecule has 3 heteroatoms. The fourth-order valence-electron chi connectivity index (χ4n) is 0. The molecule has 0 atom stereocenters. The summed E-state index contributed by atoms with van der Waals surface area (Å²) in [4.78, 5) is 0. The van der Waals surface area contributed by atoms with Gasteiger partial charge in [-0.3, -0.25) is 0 Å². The van der Waals surface area contributed by atoms with Crippen LogP contribution >= 0.6 is 0 Å². The van der Waals surface area contributed by atoms with E-state index in [0.717, 1.165) is 0 Å². The van der Waals surface area contributed by atoms with Crippen LogP contribution in [0.3, 0.4) is 0 Å². The molecule has 6 heavy (non-hydrogen) atoms. The van der Waals surface area contributed by atoms with E-state index < -0.39 is 0 Å². The van der Waals surface area contributed by atoms with Gasteiger partial charge in [-0.05, 0) is 0 Å². The zero-order valence-corrected chi connectivity index (χ0v) is 13.0. The molecule has 40 valence electrons. The monoisotopic (exact) mass is 597 g/mol. The summed E-state index contributed by atoms with van der Waals surface area (Å²) in [7, 11) is 0. The van der Waals surface area contributed by atoms with Gasteiger partial charge < -0.3 is 22.3 Å². The van der Waals surface area contributed by atoms with E-state index in [4.69, 9.17) is 0 Å². The van der Waals surface area contributed by atoms with Gasteiger partial charge in [-0.1, -0.05) is 0 Å². The first-order valence-electron chi connectivity index (χ1n) is 0. The molecule has 0 aromatic rings. The second-order valence-corrected chi connectivity index (χ2v) is 0. The van der Waals surface area contributed by atoms with Crippen LogP contribution in [0.2, 0.25) is 0 Å². The van der Waals surface area contributed by atoms with Crippen molar-refractivity contribution in [3.8, 4) is 0 Å². The Labute approximate surface area is 84.6 Å². The van der Waals surface area contributed by atoms with E-state index in [0.29, 0.717) is 0 Å². The van der Waals surface area contributed by atoms with Gasteiger partial charge in [0.2, 0.25) is 0 Å². The smallest absolute Gasteiger partial charge is 0.358 e. The van der Waals surface area contributed by atoms with Crippen molar-refractivity contribution in [3.63, 3.8) is 0 Å². The molecular weight excluding hydrogens is 588 g/mol. The molecule has 0 bridgehead atoms. The molecule has 0 nitrogen and oxygen atoms in total. The largest absolute Gasteiger partial charge is 2.00 e. The number of rotatable bonds is 0. The third-order valence-corrected chi connectivity index (χ3v) is 0. The minimum absolute atomic E-state index is 0. The van der Waals surface area contributed by atoms with Crippen LogP contribution in [0.1, 0.15) is 0 Å². The fraction of sp³-hybridized carbons (Fsp3) is 0. The van der Waals surface area contributed by atoms with Crippen LogP contribution in [0, 0.1) is 22.3 Å². The van der Waals surface area contributed by atoms with Crippen molar-refractivity contribution >= 4 is 0 Å². The van der Waals surface area contributed by atoms with Crippen molar-refractivity contribution in [2.75, 3.05) is 0 Å². The first kappa shape index (κ1) is 94.4. The van der Waals surface area contributed by atoms with Crippen molar-refractivity contribution < 1.29 is 63.2 Å². The summed E-state index contributed by atoms with van der Waals surface area (Å²) < 4.78 is 0. The van der Waals surface area contributed by atoms with Crippen LogP contribution in [0.4, 0.5) is 0 Å². The van der Waals surface area contributed by atoms with Gasteiger partial charge in [0, 0.05) is 42.1 Å². The van der Waals surface area contributed by atoms with Gasteiger partial charge in [0.15, 0.2) is 0 Å². The maximum Gasteiger partial charge on any atom is 2.00 e. The van der Waals surface area contributed by atoms with Crippen LogP contribution in [0.5, 0.6) is 0 Å². The van der Waals surface area contributed by atoms with Crippen LogP contribution in [0.15, 0.2) is 0 Å². The van der Waals surface area contributed by atoms with Crippen LogP contribution < -0.4 is 0 Å². The van der Waals surface area contributed by atoms with Crippen molar-refractivity contribution in [2.24, 2.45) is 0 Å². The molecule has 0 aromatic carbocycles. The summed E-state index contributed by atoms with van der Waals surface area (Å²) in [5.41, 5.74) is 0. The molecule has 0 saturated heterocycles. The van der Waals surface area contributed by atoms with E-state index >= 15 is 0 Å². The molecule has 0 heterocycles. The molecule has 0 aliphatic heterocycles. The second kappa shape index (κ2) is 60.9. The first-order chi connectivity index (χ1) is 0. The van der Waals surface area contributed by atoms with E-state index in [9.17, 15) is 0 Å². The molecular formula is C3H9W3-. The summed E-state index contributed by atoms with van der Waals surface area (Å²) >= 11 is 0. The number of hydrogen-bond acceptors (Lipinski definition) is 0. The molecule has 0 aromatic heterocycles. The van der Waals surface area contributed by atoms with E-state index in [1.54, 1.807) is 0 Å². The van der Waals surface area contributed by atoms with Crippen molar-refractivity contribution in [2.45, 2.75) is 0 Å². The molecule has 0 rings (SSSR count). The molecule has 0 amide bonds. The Hall–Kier alpha value is 2.06. The van der Waals surface area contributed by atoms with Crippen molar-refractivity contribution in [1.82, 2.24) is 0 Å². The van der Waals surface area contributed by atoms with E-state index in [2.05, 4.69) is 0 Å². The quantitative estimate of drug-likeness (QED) is 0.371. The molecule has 0 unspecified atom stereocenters. The minimum atomic E-state index is 0. The standard InChI is InChI=1S/3CH3.3W/h3*1H3;;;/q3*-1;;;+2. The molecule has 0 aliphatic rings. The maximum atomic E-state index is 0. The van der Waals surface area contributed by atoms with Gasteiger partial charge in [0.05, 0.1) is 0 Å². The zero-order chi connectivity index (χ0) is 0. The Morgan fingerprint density at radius 3 is 0.500 bits per heavy atom. The summed E-state index contributed by atoms with van der Waals surface area (Å²) in [6, 6.07) is 0. The van der Waals surface area contributed by atoms with Crippen LogP contribution in [-0.2, 0) is 63.2 Å². The summed E-state index contributed by atoms with van der Waals surface area (Å²) in [6.45, 7) is 0. The Morgan fingerprint density at radius 2 is 0.500 bits per heavy atom. The fourth-order valence-corrected chi connectivity index (χ4v) is 0. The van der Waals surface area contributed by atoms with Crippen molar-refractivity contribution in [1.29, 1.82) is 0 Å². The van der Waals surface area contributed by atoms with Gasteiger partial charge in [0.25, 0.3) is 0 Å². The molecule has 0 spiro atoms. The first-order valence-corrected chi connectivity index (χ1v) is 0. The number of hydrogen-bond donors (Lipinski definition) is 0. The summed E-state index contributed by atoms with van der Waals surface area (Å²) in [5.74, 6) is 0. The Morgan fingerprint density at radius 1 is 0.500 bits per heavy atom. The SMILES string of the molecule is [CH3-].[CH3-].[CH3-].[W+2].[W].[W]. The predicted molar refractivity (Wildman–Crippen MR) is 19.2 cm³/mol. The summed E-state index contributed by atoms with van der Waals surface area (Å²) in [6.07, 6.45) is 0. The Bertz CT molecular complexity index is 6.00. The Kier molecular flexibility index (Phi) is 959. The van der Waals surface area contributed by atoms with Gasteiger partial charge in [-0.25, -0.2) is 0 Å². The van der Waals surface area contributed by atoms with Crippen molar-refractivity contribution in [3.05, 3.63) is 22.3 Å². The minimum Gasteiger partial charge on any atom is -0.358 e. The topological polar surface area (TPSA) is 0 Å². The zero-order valence-electron chi connectivity index (χ0n) is 4.22. The molecule has 0 fully saturated rings. The van der Waals surface area contributed by atoms with Gasteiger partial charge >= 0.3 is 21.1 Å². The van der Waals surface area contributed by atoms with E-state index in [1.165, 1.54) is 0 Å². The molecule has 0 saturated carbocycles. The second-order valence-electron chi connectivity index (χ2n) is 0. The molecule has 0 radical (unpaired) electrons. The average molecular weight is 597 g/mol. The van der Waals surface area contributed by atoms with Gasteiger partial charge in [-0.15, -0.1) is 0 Å². The maximum absolute atomic E-state index is 0. The summed E-state index contributed by atoms with van der Waals surface area (Å²) in [5, 5.41) is 0. The third kappa shape index (κ3) is 36.5. The van der Waals surface area contributed by atoms with Gasteiger partial charge in [-0.2, -0.15) is 0 Å². The molecule has 0 N–H and O–H groups in total. The van der Waals surface area contributed by atoms with E-state index in [-0.39, 0.29) is 85.5 Å². The van der Waals surface area contributed by atoms with E-state index in [1.807, 2.05) is 0 Å². The normalized spacial score (nSPS) is 0. The predicted octanol–water partition coefficient (Wildman–Crippen LogP) is 1.34. The Balaban J connectivity index is 0.